The Bertz CT molecular complexity index is 576. The van der Waals surface area contributed by atoms with Crippen molar-refractivity contribution < 1.29 is 4.42 Å². The third-order valence-electron chi connectivity index (χ3n) is 2.41. The van der Waals surface area contributed by atoms with Crippen molar-refractivity contribution in [3.63, 3.8) is 0 Å². The van der Waals surface area contributed by atoms with Crippen molar-refractivity contribution in [3.05, 3.63) is 46.3 Å². The minimum atomic E-state index is -0.174. The smallest absolute Gasteiger partial charge is 0.251 e. The molecule has 0 bridgehead atoms. The molecule has 96 valence electrons. The standard InChI is InChI=1S/C12H15N3O2S/c1-7-3-4-9(17-7)11(8(2)13)18-12-14-6-5-10(16)15-12/h3-6,8,11H,13H2,1-2H3,(H,14,15,16). The number of aromatic amines is 1. The van der Waals surface area contributed by atoms with Crippen molar-refractivity contribution in [1.82, 2.24) is 9.97 Å². The second kappa shape index (κ2) is 5.41. The molecule has 0 aliphatic heterocycles. The van der Waals surface area contributed by atoms with Crippen molar-refractivity contribution in [3.8, 4) is 0 Å². The van der Waals surface area contributed by atoms with E-state index in [1.54, 1.807) is 0 Å². The predicted molar refractivity (Wildman–Crippen MR) is 70.6 cm³/mol. The van der Waals surface area contributed by atoms with Crippen molar-refractivity contribution in [1.29, 1.82) is 0 Å². The van der Waals surface area contributed by atoms with Crippen LogP contribution >= 0.6 is 11.8 Å². The Morgan fingerprint density at radius 2 is 2.22 bits per heavy atom. The van der Waals surface area contributed by atoms with Gasteiger partial charge in [0.25, 0.3) is 5.56 Å². The first-order valence-electron chi connectivity index (χ1n) is 5.60. The molecule has 2 aromatic heterocycles. The van der Waals surface area contributed by atoms with E-state index in [-0.39, 0.29) is 16.9 Å². The van der Waals surface area contributed by atoms with Crippen LogP contribution in [0.3, 0.4) is 0 Å². The summed E-state index contributed by atoms with van der Waals surface area (Å²) < 4.78 is 5.59. The number of nitrogens with two attached hydrogens (primary N) is 1. The van der Waals surface area contributed by atoms with Gasteiger partial charge in [0.1, 0.15) is 11.5 Å². The van der Waals surface area contributed by atoms with Gasteiger partial charge in [-0.1, -0.05) is 11.8 Å². The molecule has 2 heterocycles. The summed E-state index contributed by atoms with van der Waals surface area (Å²) in [5, 5.41) is 0.461. The molecule has 2 atom stereocenters. The maximum Gasteiger partial charge on any atom is 0.251 e. The number of H-pyrrole nitrogens is 1. The van der Waals surface area contributed by atoms with Gasteiger partial charge in [0.05, 0.1) is 5.25 Å². The van der Waals surface area contributed by atoms with Gasteiger partial charge >= 0.3 is 0 Å². The highest BCUT2D eigenvalue weighted by molar-refractivity contribution is 7.99. The predicted octanol–water partition coefficient (Wildman–Crippen LogP) is 1.85. The van der Waals surface area contributed by atoms with Gasteiger partial charge in [-0.05, 0) is 26.0 Å². The lowest BCUT2D eigenvalue weighted by atomic mass is 10.2. The highest BCUT2D eigenvalue weighted by atomic mass is 32.2. The molecule has 0 amide bonds. The topological polar surface area (TPSA) is 84.9 Å². The lowest BCUT2D eigenvalue weighted by Crippen LogP contribution is -2.22. The van der Waals surface area contributed by atoms with Crippen LogP contribution in [0.25, 0.3) is 0 Å². The average Bonchev–Trinajstić information content (AvgIpc) is 2.72. The lowest BCUT2D eigenvalue weighted by Gasteiger charge is -2.17. The number of rotatable bonds is 4. The fraction of sp³-hybridized carbons (Fsp3) is 0.333. The number of thioether (sulfide) groups is 1. The monoisotopic (exact) mass is 265 g/mol. The van der Waals surface area contributed by atoms with Gasteiger partial charge < -0.3 is 15.1 Å². The number of furan rings is 1. The Morgan fingerprint density at radius 1 is 1.44 bits per heavy atom. The van der Waals surface area contributed by atoms with Gasteiger partial charge in [-0.15, -0.1) is 0 Å². The summed E-state index contributed by atoms with van der Waals surface area (Å²) in [4.78, 5) is 18.0. The number of hydrogen-bond donors (Lipinski definition) is 2. The summed E-state index contributed by atoms with van der Waals surface area (Å²) in [7, 11) is 0. The maximum atomic E-state index is 11.2. The van der Waals surface area contributed by atoms with Crippen molar-refractivity contribution in [2.45, 2.75) is 30.3 Å². The minimum Gasteiger partial charge on any atom is -0.465 e. The van der Waals surface area contributed by atoms with E-state index in [0.717, 1.165) is 11.5 Å². The van der Waals surface area contributed by atoms with Gasteiger partial charge in [0, 0.05) is 18.3 Å². The zero-order chi connectivity index (χ0) is 13.1. The van der Waals surface area contributed by atoms with Gasteiger partial charge in [0.2, 0.25) is 0 Å². The van der Waals surface area contributed by atoms with Crippen LogP contribution in [0, 0.1) is 6.92 Å². The fourth-order valence-corrected chi connectivity index (χ4v) is 2.54. The minimum absolute atomic E-state index is 0.0794. The molecule has 0 radical (unpaired) electrons. The molecule has 0 aliphatic carbocycles. The maximum absolute atomic E-state index is 11.2. The van der Waals surface area contributed by atoms with Crippen LogP contribution in [0.5, 0.6) is 0 Å². The SMILES string of the molecule is Cc1ccc(C(Sc2nccc(=O)[nH]2)C(C)N)o1. The molecule has 0 saturated heterocycles. The van der Waals surface area contributed by atoms with E-state index in [2.05, 4.69) is 9.97 Å². The molecular formula is C12H15N3O2S. The van der Waals surface area contributed by atoms with E-state index in [0.29, 0.717) is 5.16 Å². The highest BCUT2D eigenvalue weighted by Crippen LogP contribution is 2.35. The quantitative estimate of drug-likeness (QED) is 0.651. The molecule has 0 fully saturated rings. The van der Waals surface area contributed by atoms with E-state index in [9.17, 15) is 4.79 Å². The van der Waals surface area contributed by atoms with Crippen molar-refractivity contribution in [2.24, 2.45) is 5.73 Å². The lowest BCUT2D eigenvalue weighted by molar-refractivity contribution is 0.464. The Hall–Kier alpha value is -1.53. The molecule has 3 N–H and O–H groups in total. The Labute approximate surface area is 109 Å². The van der Waals surface area contributed by atoms with Crippen LogP contribution in [-0.4, -0.2) is 16.0 Å². The van der Waals surface area contributed by atoms with Gasteiger partial charge in [-0.3, -0.25) is 4.79 Å². The van der Waals surface area contributed by atoms with Crippen LogP contribution in [-0.2, 0) is 0 Å². The van der Waals surface area contributed by atoms with Crippen LogP contribution in [0.4, 0.5) is 0 Å². The zero-order valence-electron chi connectivity index (χ0n) is 10.2. The molecule has 6 heteroatoms. The van der Waals surface area contributed by atoms with E-state index in [1.165, 1.54) is 24.0 Å². The molecule has 5 nitrogen and oxygen atoms in total. The second-order valence-electron chi connectivity index (χ2n) is 4.09. The van der Waals surface area contributed by atoms with Crippen LogP contribution in [0.2, 0.25) is 0 Å². The highest BCUT2D eigenvalue weighted by Gasteiger charge is 2.22. The van der Waals surface area contributed by atoms with E-state index < -0.39 is 0 Å². The zero-order valence-corrected chi connectivity index (χ0v) is 11.0. The van der Waals surface area contributed by atoms with E-state index in [4.69, 9.17) is 10.2 Å². The second-order valence-corrected chi connectivity index (χ2v) is 5.22. The summed E-state index contributed by atoms with van der Waals surface area (Å²) in [6.07, 6.45) is 1.48. The number of nitrogens with one attached hydrogen (secondary N) is 1. The number of hydrogen-bond acceptors (Lipinski definition) is 5. The van der Waals surface area contributed by atoms with Crippen LogP contribution < -0.4 is 11.3 Å². The Balaban J connectivity index is 2.24. The molecule has 2 rings (SSSR count). The third-order valence-corrected chi connectivity index (χ3v) is 3.75. The third kappa shape index (κ3) is 3.02. The Morgan fingerprint density at radius 3 is 2.78 bits per heavy atom. The molecule has 0 saturated carbocycles. The summed E-state index contributed by atoms with van der Waals surface area (Å²) >= 11 is 1.39. The summed E-state index contributed by atoms with van der Waals surface area (Å²) in [6.45, 7) is 3.78. The first-order valence-corrected chi connectivity index (χ1v) is 6.48. The molecule has 0 aromatic carbocycles. The Kier molecular flexibility index (Phi) is 3.88. The molecule has 18 heavy (non-hydrogen) atoms. The molecule has 2 aromatic rings. The fourth-order valence-electron chi connectivity index (χ4n) is 1.56. The average molecular weight is 265 g/mol. The first kappa shape index (κ1) is 12.9. The van der Waals surface area contributed by atoms with Crippen molar-refractivity contribution in [2.75, 3.05) is 0 Å². The summed E-state index contributed by atoms with van der Waals surface area (Å²) in [5.74, 6) is 1.63. The number of aryl methyl sites for hydroxylation is 1. The summed E-state index contributed by atoms with van der Waals surface area (Å²) in [6, 6.07) is 5.05. The van der Waals surface area contributed by atoms with Crippen molar-refractivity contribution >= 4 is 11.8 Å². The van der Waals surface area contributed by atoms with Gasteiger partial charge in [0.15, 0.2) is 5.16 Å². The molecule has 2 unspecified atom stereocenters. The summed E-state index contributed by atoms with van der Waals surface area (Å²) in [5.41, 5.74) is 5.79. The van der Waals surface area contributed by atoms with Gasteiger partial charge in [-0.25, -0.2) is 4.98 Å². The van der Waals surface area contributed by atoms with Crippen LogP contribution in [0.1, 0.15) is 23.7 Å². The number of nitrogens with zero attached hydrogens (tertiary/aromatic N) is 1. The molecule has 0 spiro atoms. The van der Waals surface area contributed by atoms with E-state index in [1.807, 2.05) is 26.0 Å². The molecular weight excluding hydrogens is 250 g/mol. The van der Waals surface area contributed by atoms with Crippen LogP contribution in [0.15, 0.2) is 38.8 Å². The normalized spacial score (nSPS) is 14.4. The number of aromatic nitrogens is 2. The largest absolute Gasteiger partial charge is 0.465 e. The van der Waals surface area contributed by atoms with E-state index >= 15 is 0 Å². The first-order chi connectivity index (χ1) is 8.56. The van der Waals surface area contributed by atoms with Gasteiger partial charge in [-0.2, -0.15) is 0 Å². The molecule has 0 aliphatic rings.